The zero-order chi connectivity index (χ0) is 15.8. The normalized spacial score (nSPS) is 25.3. The number of fused-ring (bicyclic) bond motifs is 2. The van der Waals surface area contributed by atoms with Crippen LogP contribution >= 0.6 is 11.3 Å². The van der Waals surface area contributed by atoms with Gasteiger partial charge in [0, 0.05) is 10.8 Å². The van der Waals surface area contributed by atoms with Gasteiger partial charge in [-0.2, -0.15) is 5.26 Å². The lowest BCUT2D eigenvalue weighted by Gasteiger charge is -2.20. The minimum atomic E-state index is 0.107. The highest BCUT2D eigenvalue weighted by atomic mass is 32.1. The number of nitrogens with zero attached hydrogens (tertiary/aromatic N) is 1. The molecule has 2 aromatic rings. The van der Waals surface area contributed by atoms with E-state index in [0.717, 1.165) is 22.8 Å². The van der Waals surface area contributed by atoms with Crippen molar-refractivity contribution in [2.24, 2.45) is 17.8 Å². The summed E-state index contributed by atoms with van der Waals surface area (Å²) >= 11 is 1.49. The van der Waals surface area contributed by atoms with Crippen LogP contribution in [0.1, 0.15) is 31.2 Å². The molecule has 1 aromatic carbocycles. The van der Waals surface area contributed by atoms with Crippen molar-refractivity contribution in [2.45, 2.75) is 25.7 Å². The summed E-state index contributed by atoms with van der Waals surface area (Å²) in [7, 11) is 0. The van der Waals surface area contributed by atoms with E-state index in [1.807, 2.05) is 36.4 Å². The van der Waals surface area contributed by atoms with E-state index in [1.165, 1.54) is 30.6 Å². The summed E-state index contributed by atoms with van der Waals surface area (Å²) in [6.07, 6.45) is 4.71. The van der Waals surface area contributed by atoms with Gasteiger partial charge >= 0.3 is 0 Å². The van der Waals surface area contributed by atoms with Gasteiger partial charge < -0.3 is 5.32 Å². The van der Waals surface area contributed by atoms with E-state index in [4.69, 9.17) is 0 Å². The molecule has 2 bridgehead atoms. The number of carbonyl (C=O) groups excluding carboxylic acids is 1. The molecule has 1 aromatic heterocycles. The summed E-state index contributed by atoms with van der Waals surface area (Å²) in [6.45, 7) is 0. The topological polar surface area (TPSA) is 52.9 Å². The van der Waals surface area contributed by atoms with Crippen molar-refractivity contribution in [3.05, 3.63) is 42.0 Å². The third kappa shape index (κ3) is 2.66. The number of nitrogens with one attached hydrogen (secondary N) is 1. The Hall–Kier alpha value is -2.12. The summed E-state index contributed by atoms with van der Waals surface area (Å²) in [5.74, 6) is 1.55. The number of amides is 1. The van der Waals surface area contributed by atoms with Crippen LogP contribution < -0.4 is 5.32 Å². The molecule has 4 heteroatoms. The highest BCUT2D eigenvalue weighted by molar-refractivity contribution is 7.19. The van der Waals surface area contributed by atoms with E-state index in [9.17, 15) is 10.1 Å². The molecule has 116 valence electrons. The molecule has 0 spiro atoms. The van der Waals surface area contributed by atoms with E-state index in [1.54, 1.807) is 0 Å². The Labute approximate surface area is 140 Å². The average molecular weight is 322 g/mol. The van der Waals surface area contributed by atoms with E-state index in [2.05, 4.69) is 11.4 Å². The second kappa shape index (κ2) is 5.82. The molecule has 0 aliphatic heterocycles. The molecule has 2 aliphatic rings. The first kappa shape index (κ1) is 14.5. The number of thiophene rings is 1. The largest absolute Gasteiger partial charge is 0.316 e. The molecule has 2 aliphatic carbocycles. The van der Waals surface area contributed by atoms with Gasteiger partial charge in [-0.15, -0.1) is 11.3 Å². The van der Waals surface area contributed by atoms with Crippen LogP contribution in [-0.4, -0.2) is 5.91 Å². The lowest BCUT2D eigenvalue weighted by Crippen LogP contribution is -2.27. The zero-order valence-electron chi connectivity index (χ0n) is 12.8. The van der Waals surface area contributed by atoms with Gasteiger partial charge in [-0.25, -0.2) is 0 Å². The molecule has 3 nitrogen and oxygen atoms in total. The van der Waals surface area contributed by atoms with Crippen molar-refractivity contribution in [1.29, 1.82) is 5.26 Å². The van der Waals surface area contributed by atoms with E-state index in [0.29, 0.717) is 16.5 Å². The van der Waals surface area contributed by atoms with E-state index in [-0.39, 0.29) is 11.8 Å². The number of hydrogen-bond donors (Lipinski definition) is 1. The number of rotatable bonds is 3. The van der Waals surface area contributed by atoms with Crippen molar-refractivity contribution in [2.75, 3.05) is 5.32 Å². The van der Waals surface area contributed by atoms with Crippen molar-refractivity contribution in [3.8, 4) is 16.5 Å². The van der Waals surface area contributed by atoms with Gasteiger partial charge in [0.15, 0.2) is 0 Å². The molecule has 0 radical (unpaired) electrons. The van der Waals surface area contributed by atoms with Crippen LogP contribution in [0.3, 0.4) is 0 Å². The van der Waals surface area contributed by atoms with Gasteiger partial charge in [0.25, 0.3) is 0 Å². The van der Waals surface area contributed by atoms with Crippen molar-refractivity contribution < 1.29 is 4.79 Å². The second-order valence-corrected chi connectivity index (χ2v) is 7.65. The number of hydrogen-bond acceptors (Lipinski definition) is 3. The molecule has 1 amide bonds. The summed E-state index contributed by atoms with van der Waals surface area (Å²) < 4.78 is 0. The fraction of sp³-hybridized carbons (Fsp3) is 0.368. The minimum Gasteiger partial charge on any atom is -0.316 e. The third-order valence-corrected chi connectivity index (χ3v) is 6.32. The lowest BCUT2D eigenvalue weighted by molar-refractivity contribution is -0.121. The smallest absolute Gasteiger partial charge is 0.228 e. The quantitative estimate of drug-likeness (QED) is 0.893. The first-order chi connectivity index (χ1) is 11.2. The van der Waals surface area contributed by atoms with Gasteiger partial charge in [0.05, 0.1) is 5.56 Å². The maximum Gasteiger partial charge on any atom is 0.228 e. The number of benzene rings is 1. The Morgan fingerprint density at radius 3 is 2.70 bits per heavy atom. The van der Waals surface area contributed by atoms with E-state index >= 15 is 0 Å². The molecule has 2 fully saturated rings. The van der Waals surface area contributed by atoms with E-state index < -0.39 is 0 Å². The van der Waals surface area contributed by atoms with Gasteiger partial charge in [-0.1, -0.05) is 36.8 Å². The Bertz CT molecular complexity index is 774. The van der Waals surface area contributed by atoms with Crippen molar-refractivity contribution in [1.82, 2.24) is 0 Å². The Kier molecular flexibility index (Phi) is 3.66. The molecule has 1 heterocycles. The predicted octanol–water partition coefficient (Wildman–Crippen LogP) is 4.66. The standard InChI is InChI=1S/C19H18N2OS/c20-11-15-10-17(13-4-2-1-3-5-13)23-19(15)21-18(22)16-9-12-6-7-14(16)8-12/h1-5,10,12,14,16H,6-9H2,(H,21,22)/t12-,14-,16+/m0/s1. The first-order valence-electron chi connectivity index (χ1n) is 8.15. The summed E-state index contributed by atoms with van der Waals surface area (Å²) in [4.78, 5) is 13.6. The Morgan fingerprint density at radius 1 is 1.22 bits per heavy atom. The molecule has 3 atom stereocenters. The maximum atomic E-state index is 12.6. The minimum absolute atomic E-state index is 0.107. The van der Waals surface area contributed by atoms with Gasteiger partial charge in [-0.3, -0.25) is 4.79 Å². The Balaban J connectivity index is 1.56. The molecular formula is C19H18N2OS. The summed E-state index contributed by atoms with van der Waals surface area (Å²) in [5.41, 5.74) is 1.64. The van der Waals surface area contributed by atoms with Crippen molar-refractivity contribution in [3.63, 3.8) is 0 Å². The fourth-order valence-corrected chi connectivity index (χ4v) is 5.10. The fourth-order valence-electron chi connectivity index (χ4n) is 4.08. The van der Waals surface area contributed by atoms with Crippen LogP contribution in [0.15, 0.2) is 36.4 Å². The molecule has 1 N–H and O–H groups in total. The number of anilines is 1. The van der Waals surface area contributed by atoms with Crippen LogP contribution in [0.2, 0.25) is 0 Å². The summed E-state index contributed by atoms with van der Waals surface area (Å²) in [5, 5.41) is 13.1. The molecule has 2 saturated carbocycles. The van der Waals surface area contributed by atoms with Crippen LogP contribution in [0.4, 0.5) is 5.00 Å². The second-order valence-electron chi connectivity index (χ2n) is 6.60. The van der Waals surface area contributed by atoms with Crippen LogP contribution in [-0.2, 0) is 4.79 Å². The Morgan fingerprint density at radius 2 is 2.04 bits per heavy atom. The predicted molar refractivity (Wildman–Crippen MR) is 92.0 cm³/mol. The van der Waals surface area contributed by atoms with Gasteiger partial charge in [0.2, 0.25) is 5.91 Å². The molecule has 0 unspecified atom stereocenters. The highest BCUT2D eigenvalue weighted by Gasteiger charge is 2.43. The molecule has 0 saturated heterocycles. The molecule has 23 heavy (non-hydrogen) atoms. The third-order valence-electron chi connectivity index (χ3n) is 5.22. The van der Waals surface area contributed by atoms with Crippen LogP contribution in [0.5, 0.6) is 0 Å². The lowest BCUT2D eigenvalue weighted by atomic mass is 9.88. The number of carbonyl (C=O) groups is 1. The SMILES string of the molecule is N#Cc1cc(-c2ccccc2)sc1NC(=O)[C@@H]1C[C@H]2CC[C@H]1C2. The zero-order valence-corrected chi connectivity index (χ0v) is 13.6. The monoisotopic (exact) mass is 322 g/mol. The van der Waals surface area contributed by atoms with Crippen LogP contribution in [0, 0.1) is 29.1 Å². The van der Waals surface area contributed by atoms with Crippen LogP contribution in [0.25, 0.3) is 10.4 Å². The first-order valence-corrected chi connectivity index (χ1v) is 8.96. The molecular weight excluding hydrogens is 304 g/mol. The highest BCUT2D eigenvalue weighted by Crippen LogP contribution is 2.49. The maximum absolute atomic E-state index is 12.6. The summed E-state index contributed by atoms with van der Waals surface area (Å²) in [6, 6.07) is 14.1. The average Bonchev–Trinajstić information content (AvgIpc) is 3.30. The van der Waals surface area contributed by atoms with Crippen molar-refractivity contribution >= 4 is 22.2 Å². The number of nitriles is 1. The van der Waals surface area contributed by atoms with Gasteiger partial charge in [0.1, 0.15) is 11.1 Å². The molecule has 4 rings (SSSR count). The van der Waals surface area contributed by atoms with Gasteiger partial charge in [-0.05, 0) is 42.7 Å².